The van der Waals surface area contributed by atoms with Crippen molar-refractivity contribution in [1.82, 2.24) is 25.2 Å². The molecular weight excluding hydrogens is 1100 g/mol. The molecule has 0 fully saturated rings. The summed E-state index contributed by atoms with van der Waals surface area (Å²) in [5.41, 5.74) is 5.41. The molecule has 22 heteroatoms. The van der Waals surface area contributed by atoms with Crippen molar-refractivity contribution in [3.63, 3.8) is 0 Å². The molecule has 0 aliphatic heterocycles. The van der Waals surface area contributed by atoms with Crippen LogP contribution in [0, 0.1) is 6.92 Å². The summed E-state index contributed by atoms with van der Waals surface area (Å²) in [6, 6.07) is 20.3. The van der Waals surface area contributed by atoms with Crippen LogP contribution < -0.4 is 29.6 Å². The molecule has 4 atom stereocenters. The van der Waals surface area contributed by atoms with Crippen LogP contribution in [-0.2, 0) is 56.4 Å². The first-order valence-corrected chi connectivity index (χ1v) is 30.8. The zero-order valence-corrected chi connectivity index (χ0v) is 49.5. The highest BCUT2D eigenvalue weighted by molar-refractivity contribution is 7.91. The standard InChI is InChI=1S/C57H79Cl2N5O13S2/c1-40-34-41(58)35-50-48(40)38-52(63(2)3)55(50)76-45-16-20-47(21-17-45)79(69,70)62-24-28-75-32-29-72-25-10-13-43(65)12-8-7-9-22-60-57(66)61-23-27-74-31-30-73-26-11-33-78(67,68)46-18-14-44(15-19-46)77-56-51-36-42(59)37-54(71-6)49(51)39-53(56)64(4)5/h14-21,34-37,52-53,55-56,62H,7-13,22-33,38-39H2,1-6H3,(H2,60,61,66)/t52-,53-,55-,56-/m0/s1. The van der Waals surface area contributed by atoms with Crippen molar-refractivity contribution in [1.29, 1.82) is 0 Å². The Labute approximate surface area is 477 Å². The highest BCUT2D eigenvalue weighted by Crippen LogP contribution is 2.44. The third kappa shape index (κ3) is 19.5. The molecule has 0 saturated carbocycles. The SMILES string of the molecule is COc1cc(Cl)cc2c1C[C@H](N(C)C)[C@H]2Oc1ccc(S(=O)(=O)CCCOCCOCCNC(=O)NCCCCCC(=O)CCCOCCOCCNS(=O)(=O)c2ccc(O[C@H]3c4cc(Cl)cc(C)c4C[C@@H]3N(C)C)cc2)cc1. The lowest BCUT2D eigenvalue weighted by Crippen LogP contribution is -2.37. The fraction of sp³-hybridized carbons (Fsp3) is 0.544. The van der Waals surface area contributed by atoms with Gasteiger partial charge in [0.2, 0.25) is 10.0 Å². The monoisotopic (exact) mass is 1180 g/mol. The number of nitrogens with zero attached hydrogens (tertiary/aromatic N) is 2. The van der Waals surface area contributed by atoms with E-state index in [-0.39, 0.29) is 71.4 Å². The second-order valence-electron chi connectivity index (χ2n) is 20.1. The largest absolute Gasteiger partial charge is 0.496 e. The van der Waals surface area contributed by atoms with Gasteiger partial charge in [0.15, 0.2) is 9.84 Å². The molecule has 0 bridgehead atoms. The van der Waals surface area contributed by atoms with Crippen molar-refractivity contribution in [2.24, 2.45) is 0 Å². The molecule has 79 heavy (non-hydrogen) atoms. The third-order valence-corrected chi connectivity index (χ3v) is 17.6. The van der Waals surface area contributed by atoms with Gasteiger partial charge in [-0.2, -0.15) is 0 Å². The topological polar surface area (TPSA) is 210 Å². The Morgan fingerprint density at radius 3 is 1.68 bits per heavy atom. The van der Waals surface area contributed by atoms with E-state index in [4.69, 9.17) is 56.4 Å². The van der Waals surface area contributed by atoms with Gasteiger partial charge < -0.3 is 53.6 Å². The van der Waals surface area contributed by atoms with Crippen LogP contribution >= 0.6 is 23.2 Å². The normalized spacial score (nSPS) is 17.0. The molecule has 2 aliphatic rings. The zero-order valence-electron chi connectivity index (χ0n) is 46.4. The van der Waals surface area contributed by atoms with E-state index < -0.39 is 19.9 Å². The number of carbonyl (C=O) groups excluding carboxylic acids is 2. The lowest BCUT2D eigenvalue weighted by atomic mass is 10.0. The number of aryl methyl sites for hydroxylation is 1. The third-order valence-electron chi connectivity index (χ3n) is 13.9. The highest BCUT2D eigenvalue weighted by Gasteiger charge is 2.39. The van der Waals surface area contributed by atoms with Crippen LogP contribution in [0.5, 0.6) is 17.2 Å². The number of hydrogen-bond donors (Lipinski definition) is 3. The van der Waals surface area contributed by atoms with Gasteiger partial charge in [0.05, 0.1) is 74.4 Å². The van der Waals surface area contributed by atoms with E-state index in [0.717, 1.165) is 60.1 Å². The number of Topliss-reactive ketones (excluding diaryl/α,β-unsaturated/α-hetero) is 1. The van der Waals surface area contributed by atoms with Crippen LogP contribution in [0.15, 0.2) is 82.6 Å². The van der Waals surface area contributed by atoms with Crippen LogP contribution in [0.4, 0.5) is 4.79 Å². The number of ketones is 1. The molecule has 2 aliphatic carbocycles. The number of halogens is 2. The second-order valence-corrected chi connectivity index (χ2v) is 24.9. The van der Waals surface area contributed by atoms with E-state index in [1.165, 1.54) is 17.7 Å². The molecule has 4 aromatic rings. The number of sulfonamides is 1. The molecule has 18 nitrogen and oxygen atoms in total. The van der Waals surface area contributed by atoms with Crippen molar-refractivity contribution < 1.29 is 59.6 Å². The molecule has 0 radical (unpaired) electrons. The number of sulfone groups is 1. The number of amides is 2. The number of unbranched alkanes of at least 4 members (excludes halogenated alkanes) is 2. The van der Waals surface area contributed by atoms with E-state index in [1.54, 1.807) is 49.6 Å². The summed E-state index contributed by atoms with van der Waals surface area (Å²) in [6.45, 7) is 5.31. The molecule has 0 spiro atoms. The van der Waals surface area contributed by atoms with E-state index >= 15 is 0 Å². The van der Waals surface area contributed by atoms with Crippen molar-refractivity contribution in [3.8, 4) is 17.2 Å². The number of urea groups is 1. The van der Waals surface area contributed by atoms with Gasteiger partial charge in [-0.05, 0) is 163 Å². The van der Waals surface area contributed by atoms with Gasteiger partial charge in [-0.15, -0.1) is 0 Å². The van der Waals surface area contributed by atoms with Crippen LogP contribution in [0.2, 0.25) is 10.0 Å². The Bertz CT molecular complexity index is 2810. The maximum Gasteiger partial charge on any atom is 0.314 e. The van der Waals surface area contributed by atoms with Crippen LogP contribution in [0.3, 0.4) is 0 Å². The number of fused-ring (bicyclic) bond motifs is 2. The molecule has 3 N–H and O–H groups in total. The minimum absolute atomic E-state index is 0.0401. The average molecular weight is 1180 g/mol. The number of nitrogens with one attached hydrogen (secondary N) is 3. The van der Waals surface area contributed by atoms with Crippen molar-refractivity contribution >= 4 is 54.9 Å². The number of rotatable bonds is 36. The molecule has 0 aromatic heterocycles. The first kappa shape index (κ1) is 63.6. The minimum atomic E-state index is -3.76. The predicted octanol–water partition coefficient (Wildman–Crippen LogP) is 7.94. The molecule has 0 heterocycles. The quantitative estimate of drug-likeness (QED) is 0.0369. The molecule has 0 saturated heterocycles. The number of methoxy groups -OCH3 is 1. The van der Waals surface area contributed by atoms with Gasteiger partial charge in [0.1, 0.15) is 35.2 Å². The van der Waals surface area contributed by atoms with Gasteiger partial charge in [0.25, 0.3) is 0 Å². The summed E-state index contributed by atoms with van der Waals surface area (Å²) >= 11 is 12.8. The molecule has 2 amide bonds. The van der Waals surface area contributed by atoms with Gasteiger partial charge >= 0.3 is 6.03 Å². The summed E-state index contributed by atoms with van der Waals surface area (Å²) in [4.78, 5) is 29.0. The minimum Gasteiger partial charge on any atom is -0.496 e. The fourth-order valence-electron chi connectivity index (χ4n) is 9.64. The number of likely N-dealkylation sites (N-methyl/N-ethyl adjacent to an activating group) is 2. The van der Waals surface area contributed by atoms with Crippen molar-refractivity contribution in [2.45, 2.75) is 98.8 Å². The lowest BCUT2D eigenvalue weighted by Gasteiger charge is -2.27. The first-order valence-electron chi connectivity index (χ1n) is 26.9. The summed E-state index contributed by atoms with van der Waals surface area (Å²) in [5.74, 6) is 1.94. The predicted molar refractivity (Wildman–Crippen MR) is 305 cm³/mol. The number of benzene rings is 4. The van der Waals surface area contributed by atoms with Crippen molar-refractivity contribution in [2.75, 3.05) is 114 Å². The summed E-state index contributed by atoms with van der Waals surface area (Å²) < 4.78 is 95.1. The van der Waals surface area contributed by atoms with Gasteiger partial charge in [0, 0.05) is 66.9 Å². The second kappa shape index (κ2) is 31.6. The van der Waals surface area contributed by atoms with E-state index in [0.29, 0.717) is 100.0 Å². The maximum absolute atomic E-state index is 13.0. The van der Waals surface area contributed by atoms with Crippen molar-refractivity contribution in [3.05, 3.63) is 111 Å². The average Bonchev–Trinajstić information content (AvgIpc) is 4.17. The Morgan fingerprint density at radius 1 is 0.582 bits per heavy atom. The Balaban J connectivity index is 0.697. The summed E-state index contributed by atoms with van der Waals surface area (Å²) in [5, 5.41) is 6.77. The molecule has 0 unspecified atom stereocenters. The summed E-state index contributed by atoms with van der Waals surface area (Å²) in [6.07, 6.45) is 5.12. The van der Waals surface area contributed by atoms with Gasteiger partial charge in [-0.25, -0.2) is 26.4 Å². The number of hydrogen-bond acceptors (Lipinski definition) is 15. The molecule has 6 rings (SSSR count). The van der Waals surface area contributed by atoms with Gasteiger partial charge in [-0.1, -0.05) is 29.6 Å². The highest BCUT2D eigenvalue weighted by atomic mass is 35.5. The summed E-state index contributed by atoms with van der Waals surface area (Å²) in [7, 11) is 2.36. The Morgan fingerprint density at radius 2 is 1.09 bits per heavy atom. The van der Waals surface area contributed by atoms with Crippen LogP contribution in [0.1, 0.15) is 85.0 Å². The Hall–Kier alpha value is -4.58. The smallest absolute Gasteiger partial charge is 0.314 e. The fourth-order valence-corrected chi connectivity index (χ4v) is 12.4. The Kier molecular flexibility index (Phi) is 25.4. The number of carbonyl (C=O) groups is 2. The van der Waals surface area contributed by atoms with E-state index in [2.05, 4.69) is 32.1 Å². The van der Waals surface area contributed by atoms with E-state index in [9.17, 15) is 26.4 Å². The van der Waals surface area contributed by atoms with Crippen LogP contribution in [0.25, 0.3) is 0 Å². The molecule has 4 aromatic carbocycles. The maximum atomic E-state index is 13.0. The zero-order chi connectivity index (χ0) is 57.0. The molecule has 436 valence electrons. The first-order chi connectivity index (χ1) is 37.9. The lowest BCUT2D eigenvalue weighted by molar-refractivity contribution is -0.119. The van der Waals surface area contributed by atoms with Crippen LogP contribution in [-0.4, -0.2) is 164 Å². The van der Waals surface area contributed by atoms with Gasteiger partial charge in [-0.3, -0.25) is 4.79 Å². The number of ether oxygens (including phenoxy) is 7. The van der Waals surface area contributed by atoms with E-state index in [1.807, 2.05) is 46.4 Å². The molecular formula is C57H79Cl2N5O13S2.